The van der Waals surface area contributed by atoms with Crippen molar-refractivity contribution in [3.63, 3.8) is 0 Å². The zero-order valence-electron chi connectivity index (χ0n) is 12.1. The van der Waals surface area contributed by atoms with Crippen molar-refractivity contribution >= 4 is 5.69 Å². The Bertz CT molecular complexity index is 537. The second-order valence-electron chi connectivity index (χ2n) is 4.84. The summed E-state index contributed by atoms with van der Waals surface area (Å²) in [6.45, 7) is 4.60. The fraction of sp³-hybridized carbons (Fsp3) is 0.294. The lowest BCUT2D eigenvalue weighted by atomic mass is 10.1. The number of benzene rings is 2. The highest BCUT2D eigenvalue weighted by Crippen LogP contribution is 2.18. The zero-order chi connectivity index (χ0) is 14.4. The minimum atomic E-state index is -0.190. The Morgan fingerprint density at radius 2 is 1.75 bits per heavy atom. The molecule has 0 unspecified atom stereocenters. The molecule has 0 fully saturated rings. The Morgan fingerprint density at radius 1 is 1.05 bits per heavy atom. The van der Waals surface area contributed by atoms with Crippen molar-refractivity contribution in [2.24, 2.45) is 0 Å². The van der Waals surface area contributed by atoms with E-state index in [0.29, 0.717) is 0 Å². The first kappa shape index (κ1) is 14.5. The van der Waals surface area contributed by atoms with Crippen molar-refractivity contribution in [3.8, 4) is 0 Å². The predicted octanol–water partition coefficient (Wildman–Crippen LogP) is 3.57. The maximum Gasteiger partial charge on any atom is 0.125 e. The monoisotopic (exact) mass is 272 g/mol. The average Bonchev–Trinajstić information content (AvgIpc) is 2.47. The molecular weight excluding hydrogens is 251 g/mol. The van der Waals surface area contributed by atoms with Crippen molar-refractivity contribution in [3.05, 3.63) is 65.5 Å². The SMILES string of the molecule is CCN(Cc1ccc(CNC)cc1)c1cccc(F)c1. The maximum absolute atomic E-state index is 13.3. The first-order valence-corrected chi connectivity index (χ1v) is 6.96. The van der Waals surface area contributed by atoms with Gasteiger partial charge in [0.25, 0.3) is 0 Å². The Kier molecular flexibility index (Phi) is 5.13. The summed E-state index contributed by atoms with van der Waals surface area (Å²) in [7, 11) is 1.94. The summed E-state index contributed by atoms with van der Waals surface area (Å²) in [4.78, 5) is 2.16. The minimum Gasteiger partial charge on any atom is -0.367 e. The molecule has 0 heterocycles. The quantitative estimate of drug-likeness (QED) is 0.865. The molecule has 2 rings (SSSR count). The van der Waals surface area contributed by atoms with Crippen molar-refractivity contribution in [2.75, 3.05) is 18.5 Å². The molecule has 2 aromatic carbocycles. The molecule has 0 aliphatic rings. The maximum atomic E-state index is 13.3. The van der Waals surface area contributed by atoms with Crippen LogP contribution >= 0.6 is 0 Å². The van der Waals surface area contributed by atoms with Crippen LogP contribution in [0.15, 0.2) is 48.5 Å². The van der Waals surface area contributed by atoms with Gasteiger partial charge in [-0.15, -0.1) is 0 Å². The molecule has 0 aliphatic carbocycles. The molecule has 1 N–H and O–H groups in total. The van der Waals surface area contributed by atoms with Crippen LogP contribution in [0.1, 0.15) is 18.1 Å². The van der Waals surface area contributed by atoms with Gasteiger partial charge in [0, 0.05) is 25.3 Å². The summed E-state index contributed by atoms with van der Waals surface area (Å²) < 4.78 is 13.3. The fourth-order valence-corrected chi connectivity index (χ4v) is 2.25. The van der Waals surface area contributed by atoms with Crippen LogP contribution in [0, 0.1) is 5.82 Å². The normalized spacial score (nSPS) is 10.6. The Hall–Kier alpha value is -1.87. The van der Waals surface area contributed by atoms with Gasteiger partial charge in [0.05, 0.1) is 0 Å². The molecule has 0 bridgehead atoms. The lowest BCUT2D eigenvalue weighted by molar-refractivity contribution is 0.626. The van der Waals surface area contributed by atoms with Gasteiger partial charge in [0.1, 0.15) is 5.82 Å². The van der Waals surface area contributed by atoms with Gasteiger partial charge in [0.2, 0.25) is 0 Å². The van der Waals surface area contributed by atoms with E-state index < -0.39 is 0 Å². The Morgan fingerprint density at radius 3 is 2.35 bits per heavy atom. The molecule has 3 heteroatoms. The number of anilines is 1. The van der Waals surface area contributed by atoms with E-state index in [1.807, 2.05) is 13.1 Å². The number of hydrogen-bond acceptors (Lipinski definition) is 2. The van der Waals surface area contributed by atoms with Gasteiger partial charge >= 0.3 is 0 Å². The molecule has 0 aromatic heterocycles. The highest BCUT2D eigenvalue weighted by Gasteiger charge is 2.06. The first-order chi connectivity index (χ1) is 9.72. The number of rotatable bonds is 6. The summed E-state index contributed by atoms with van der Waals surface area (Å²) in [5.41, 5.74) is 3.42. The molecule has 0 saturated carbocycles. The van der Waals surface area contributed by atoms with Crippen molar-refractivity contribution in [1.82, 2.24) is 5.32 Å². The third kappa shape index (κ3) is 3.81. The van der Waals surface area contributed by atoms with E-state index in [2.05, 4.69) is 41.4 Å². The highest BCUT2D eigenvalue weighted by atomic mass is 19.1. The van der Waals surface area contributed by atoms with Crippen LogP contribution in [0.5, 0.6) is 0 Å². The van der Waals surface area contributed by atoms with E-state index in [1.54, 1.807) is 12.1 Å². The van der Waals surface area contributed by atoms with E-state index >= 15 is 0 Å². The van der Waals surface area contributed by atoms with E-state index in [-0.39, 0.29) is 5.82 Å². The molecule has 2 nitrogen and oxygen atoms in total. The predicted molar refractivity (Wildman–Crippen MR) is 82.3 cm³/mol. The zero-order valence-corrected chi connectivity index (χ0v) is 12.1. The summed E-state index contributed by atoms with van der Waals surface area (Å²) in [5, 5.41) is 3.14. The number of halogens is 1. The first-order valence-electron chi connectivity index (χ1n) is 6.96. The molecule has 2 aromatic rings. The second kappa shape index (κ2) is 7.06. The van der Waals surface area contributed by atoms with E-state index in [1.165, 1.54) is 17.2 Å². The van der Waals surface area contributed by atoms with Crippen LogP contribution in [-0.2, 0) is 13.1 Å². The van der Waals surface area contributed by atoms with Gasteiger partial charge in [0.15, 0.2) is 0 Å². The summed E-state index contributed by atoms with van der Waals surface area (Å²) >= 11 is 0. The smallest absolute Gasteiger partial charge is 0.125 e. The van der Waals surface area contributed by atoms with Gasteiger partial charge in [-0.3, -0.25) is 0 Å². The van der Waals surface area contributed by atoms with Crippen molar-refractivity contribution < 1.29 is 4.39 Å². The molecular formula is C17H21FN2. The van der Waals surface area contributed by atoms with Gasteiger partial charge < -0.3 is 10.2 Å². The summed E-state index contributed by atoms with van der Waals surface area (Å²) in [6.07, 6.45) is 0. The van der Waals surface area contributed by atoms with E-state index in [9.17, 15) is 4.39 Å². The molecule has 0 saturated heterocycles. The van der Waals surface area contributed by atoms with Crippen LogP contribution in [0.2, 0.25) is 0 Å². The number of nitrogens with one attached hydrogen (secondary N) is 1. The molecule has 0 radical (unpaired) electrons. The van der Waals surface area contributed by atoms with E-state index in [0.717, 1.165) is 25.3 Å². The van der Waals surface area contributed by atoms with Gasteiger partial charge in [-0.05, 0) is 43.3 Å². The molecule has 20 heavy (non-hydrogen) atoms. The van der Waals surface area contributed by atoms with Crippen molar-refractivity contribution in [2.45, 2.75) is 20.0 Å². The van der Waals surface area contributed by atoms with Gasteiger partial charge in [-0.2, -0.15) is 0 Å². The largest absolute Gasteiger partial charge is 0.367 e. The molecule has 0 spiro atoms. The van der Waals surface area contributed by atoms with Crippen LogP contribution in [0.25, 0.3) is 0 Å². The molecule has 106 valence electrons. The molecule has 0 atom stereocenters. The van der Waals surface area contributed by atoms with Crippen molar-refractivity contribution in [1.29, 1.82) is 0 Å². The summed E-state index contributed by atoms with van der Waals surface area (Å²) in [6, 6.07) is 15.3. The van der Waals surface area contributed by atoms with Crippen LogP contribution in [0.4, 0.5) is 10.1 Å². The van der Waals surface area contributed by atoms with Gasteiger partial charge in [-0.25, -0.2) is 4.39 Å². The molecule has 0 aliphatic heterocycles. The highest BCUT2D eigenvalue weighted by molar-refractivity contribution is 5.47. The third-order valence-corrected chi connectivity index (χ3v) is 3.33. The number of nitrogens with zero attached hydrogens (tertiary/aromatic N) is 1. The Labute approximate surface area is 120 Å². The standard InChI is InChI=1S/C17H21FN2/c1-3-20(17-6-4-5-16(18)11-17)13-15-9-7-14(8-10-15)12-19-2/h4-11,19H,3,12-13H2,1-2H3. The Balaban J connectivity index is 2.09. The van der Waals surface area contributed by atoms with Gasteiger partial charge in [-0.1, -0.05) is 30.3 Å². The summed E-state index contributed by atoms with van der Waals surface area (Å²) in [5.74, 6) is -0.190. The lowest BCUT2D eigenvalue weighted by Crippen LogP contribution is -2.22. The lowest BCUT2D eigenvalue weighted by Gasteiger charge is -2.23. The third-order valence-electron chi connectivity index (χ3n) is 3.33. The number of hydrogen-bond donors (Lipinski definition) is 1. The second-order valence-corrected chi connectivity index (χ2v) is 4.84. The van der Waals surface area contributed by atoms with Crippen LogP contribution < -0.4 is 10.2 Å². The minimum absolute atomic E-state index is 0.190. The van der Waals surface area contributed by atoms with Crippen LogP contribution in [0.3, 0.4) is 0 Å². The van der Waals surface area contributed by atoms with Crippen LogP contribution in [-0.4, -0.2) is 13.6 Å². The average molecular weight is 272 g/mol. The molecule has 0 amide bonds. The fourth-order valence-electron chi connectivity index (χ4n) is 2.25. The van der Waals surface area contributed by atoms with E-state index in [4.69, 9.17) is 0 Å². The topological polar surface area (TPSA) is 15.3 Å².